The number of rotatable bonds is 6. The molecule has 3 rings (SSSR count). The molecule has 23 heavy (non-hydrogen) atoms. The first-order chi connectivity index (χ1) is 11.1. The number of hydrogen-bond donors (Lipinski definition) is 1. The minimum Gasteiger partial charge on any atom is -0.352 e. The maximum absolute atomic E-state index is 12.4. The SMILES string of the molecule is C#CCCC1(CCC(=O)N2CCN(c3cc(C)[nH]n3)CC2)N=N1. The number of nitrogens with one attached hydrogen (secondary N) is 1. The zero-order valence-corrected chi connectivity index (χ0v) is 13.5. The molecule has 1 aromatic rings. The summed E-state index contributed by atoms with van der Waals surface area (Å²) in [5.74, 6) is 3.75. The van der Waals surface area contributed by atoms with Gasteiger partial charge < -0.3 is 9.80 Å². The van der Waals surface area contributed by atoms with Gasteiger partial charge in [0.1, 0.15) is 0 Å². The van der Waals surface area contributed by atoms with Crippen LogP contribution in [0.4, 0.5) is 5.82 Å². The molecule has 1 fully saturated rings. The molecule has 0 radical (unpaired) electrons. The Morgan fingerprint density at radius 3 is 2.65 bits per heavy atom. The van der Waals surface area contributed by atoms with Gasteiger partial charge in [-0.05, 0) is 6.92 Å². The minimum atomic E-state index is -0.365. The number of hydrogen-bond acceptors (Lipinski definition) is 5. The van der Waals surface area contributed by atoms with Gasteiger partial charge in [-0.25, -0.2) is 0 Å². The molecule has 1 N–H and O–H groups in total. The Kier molecular flexibility index (Phi) is 4.33. The summed E-state index contributed by atoms with van der Waals surface area (Å²) >= 11 is 0. The highest BCUT2D eigenvalue weighted by atomic mass is 16.2. The fourth-order valence-electron chi connectivity index (χ4n) is 2.88. The van der Waals surface area contributed by atoms with Gasteiger partial charge in [0.05, 0.1) is 0 Å². The molecule has 0 bridgehead atoms. The highest BCUT2D eigenvalue weighted by Crippen LogP contribution is 2.37. The standard InChI is InChI=1S/C16H22N6O/c1-3-4-6-16(19-20-16)7-5-15(23)22-10-8-21(9-11-22)14-12-13(2)17-18-14/h1,12H,4-11H2,2H3,(H,17,18). The van der Waals surface area contributed by atoms with Crippen molar-refractivity contribution in [1.29, 1.82) is 0 Å². The molecule has 122 valence electrons. The van der Waals surface area contributed by atoms with E-state index in [1.54, 1.807) is 0 Å². The second kappa shape index (κ2) is 6.41. The Morgan fingerprint density at radius 2 is 2.09 bits per heavy atom. The van der Waals surface area contributed by atoms with Gasteiger partial charge >= 0.3 is 0 Å². The van der Waals surface area contributed by atoms with Crippen LogP contribution in [0.25, 0.3) is 0 Å². The molecule has 1 amide bonds. The highest BCUT2D eigenvalue weighted by molar-refractivity contribution is 5.76. The second-order valence-corrected chi connectivity index (χ2v) is 6.16. The predicted molar refractivity (Wildman–Crippen MR) is 87.0 cm³/mol. The van der Waals surface area contributed by atoms with E-state index in [1.165, 1.54) is 0 Å². The first kappa shape index (κ1) is 15.5. The third-order valence-corrected chi connectivity index (χ3v) is 4.44. The lowest BCUT2D eigenvalue weighted by molar-refractivity contribution is -0.131. The molecule has 0 unspecified atom stereocenters. The lowest BCUT2D eigenvalue weighted by atomic mass is 10.0. The van der Waals surface area contributed by atoms with Gasteiger partial charge in [0.15, 0.2) is 11.5 Å². The van der Waals surface area contributed by atoms with Crippen LogP contribution in [0.2, 0.25) is 0 Å². The molecule has 1 aromatic heterocycles. The molecule has 2 aliphatic heterocycles. The smallest absolute Gasteiger partial charge is 0.222 e. The maximum atomic E-state index is 12.4. The van der Waals surface area contributed by atoms with Crippen molar-refractivity contribution >= 4 is 11.7 Å². The molecule has 7 heteroatoms. The Hall–Kier alpha value is -2.36. The second-order valence-electron chi connectivity index (χ2n) is 6.16. The van der Waals surface area contributed by atoms with Crippen LogP contribution in [0.3, 0.4) is 0 Å². The van der Waals surface area contributed by atoms with E-state index in [0.717, 1.165) is 44.1 Å². The van der Waals surface area contributed by atoms with E-state index in [2.05, 4.69) is 31.2 Å². The van der Waals surface area contributed by atoms with Gasteiger partial charge in [0.25, 0.3) is 0 Å². The van der Waals surface area contributed by atoms with E-state index in [4.69, 9.17) is 6.42 Å². The molecule has 0 saturated carbocycles. The first-order valence-electron chi connectivity index (χ1n) is 8.04. The molecular formula is C16H22N6O. The summed E-state index contributed by atoms with van der Waals surface area (Å²) in [6.07, 6.45) is 7.85. The largest absolute Gasteiger partial charge is 0.352 e. The Labute approximate surface area is 136 Å². The molecule has 1 saturated heterocycles. The summed E-state index contributed by atoms with van der Waals surface area (Å²) in [5, 5.41) is 15.4. The van der Waals surface area contributed by atoms with Crippen LogP contribution in [0.1, 0.15) is 31.4 Å². The number of H-pyrrole nitrogens is 1. The number of nitrogens with zero attached hydrogens (tertiary/aromatic N) is 5. The Morgan fingerprint density at radius 1 is 1.35 bits per heavy atom. The summed E-state index contributed by atoms with van der Waals surface area (Å²) < 4.78 is 0. The van der Waals surface area contributed by atoms with E-state index < -0.39 is 0 Å². The van der Waals surface area contributed by atoms with E-state index in [9.17, 15) is 4.79 Å². The molecule has 0 spiro atoms. The molecule has 3 heterocycles. The first-order valence-corrected chi connectivity index (χ1v) is 8.04. The van der Waals surface area contributed by atoms with Crippen molar-refractivity contribution < 1.29 is 4.79 Å². The van der Waals surface area contributed by atoms with Crippen molar-refractivity contribution in [3.8, 4) is 12.3 Å². The lowest BCUT2D eigenvalue weighted by Gasteiger charge is -2.35. The van der Waals surface area contributed by atoms with Crippen molar-refractivity contribution in [2.24, 2.45) is 10.2 Å². The Bertz CT molecular complexity index is 629. The fraction of sp³-hybridized carbons (Fsp3) is 0.625. The third-order valence-electron chi connectivity index (χ3n) is 4.44. The van der Waals surface area contributed by atoms with Crippen molar-refractivity contribution in [2.75, 3.05) is 31.1 Å². The van der Waals surface area contributed by atoms with Crippen LogP contribution < -0.4 is 4.90 Å². The zero-order chi connectivity index (χ0) is 16.3. The maximum Gasteiger partial charge on any atom is 0.222 e. The number of carbonyl (C=O) groups is 1. The lowest BCUT2D eigenvalue weighted by Crippen LogP contribution is -2.49. The predicted octanol–water partition coefficient (Wildman–Crippen LogP) is 1.72. The van der Waals surface area contributed by atoms with Crippen LogP contribution >= 0.6 is 0 Å². The number of amides is 1. The average molecular weight is 314 g/mol. The van der Waals surface area contributed by atoms with Gasteiger partial charge in [-0.2, -0.15) is 15.3 Å². The van der Waals surface area contributed by atoms with Gasteiger partial charge in [0, 0.05) is 63.6 Å². The average Bonchev–Trinajstić information content (AvgIpc) is 3.22. The quantitative estimate of drug-likeness (QED) is 0.812. The van der Waals surface area contributed by atoms with Crippen LogP contribution in [-0.4, -0.2) is 52.8 Å². The number of aromatic nitrogens is 2. The third kappa shape index (κ3) is 3.70. The zero-order valence-electron chi connectivity index (χ0n) is 13.5. The summed E-state index contributed by atoms with van der Waals surface area (Å²) in [7, 11) is 0. The molecule has 0 atom stereocenters. The van der Waals surface area contributed by atoms with Gasteiger partial charge in [0.2, 0.25) is 5.91 Å². The Balaban J connectivity index is 1.43. The number of terminal acetylenes is 1. The van der Waals surface area contributed by atoms with Crippen molar-refractivity contribution in [1.82, 2.24) is 15.1 Å². The number of anilines is 1. The highest BCUT2D eigenvalue weighted by Gasteiger charge is 2.39. The number of aromatic amines is 1. The summed E-state index contributed by atoms with van der Waals surface area (Å²) in [6, 6.07) is 2.03. The monoisotopic (exact) mass is 314 g/mol. The minimum absolute atomic E-state index is 0.181. The van der Waals surface area contributed by atoms with E-state index in [0.29, 0.717) is 19.3 Å². The molecule has 2 aliphatic rings. The van der Waals surface area contributed by atoms with Crippen molar-refractivity contribution in [3.05, 3.63) is 11.8 Å². The normalized spacial score (nSPS) is 18.8. The summed E-state index contributed by atoms with van der Waals surface area (Å²) in [5.41, 5.74) is 0.684. The summed E-state index contributed by atoms with van der Waals surface area (Å²) in [6.45, 7) is 5.08. The van der Waals surface area contributed by atoms with Crippen LogP contribution in [0, 0.1) is 19.3 Å². The van der Waals surface area contributed by atoms with Crippen molar-refractivity contribution in [3.63, 3.8) is 0 Å². The van der Waals surface area contributed by atoms with Crippen LogP contribution in [-0.2, 0) is 4.79 Å². The summed E-state index contributed by atoms with van der Waals surface area (Å²) in [4.78, 5) is 16.5. The molecule has 7 nitrogen and oxygen atoms in total. The van der Waals surface area contributed by atoms with Gasteiger partial charge in [-0.3, -0.25) is 9.89 Å². The van der Waals surface area contributed by atoms with Gasteiger partial charge in [-0.1, -0.05) is 0 Å². The number of aryl methyl sites for hydroxylation is 1. The number of carbonyl (C=O) groups excluding carboxylic acids is 1. The van der Waals surface area contributed by atoms with E-state index >= 15 is 0 Å². The number of piperazine rings is 1. The van der Waals surface area contributed by atoms with Crippen LogP contribution in [0.15, 0.2) is 16.3 Å². The van der Waals surface area contributed by atoms with Gasteiger partial charge in [-0.15, -0.1) is 12.3 Å². The fourth-order valence-corrected chi connectivity index (χ4v) is 2.88. The molecule has 0 aromatic carbocycles. The molecular weight excluding hydrogens is 292 g/mol. The van der Waals surface area contributed by atoms with Crippen molar-refractivity contribution in [2.45, 2.75) is 38.3 Å². The topological polar surface area (TPSA) is 77.0 Å². The van der Waals surface area contributed by atoms with Crippen LogP contribution in [0.5, 0.6) is 0 Å². The van der Waals surface area contributed by atoms with E-state index in [1.807, 2.05) is 17.9 Å². The molecule has 0 aliphatic carbocycles. The van der Waals surface area contributed by atoms with E-state index in [-0.39, 0.29) is 11.6 Å².